The first-order valence-corrected chi connectivity index (χ1v) is 19.5. The summed E-state index contributed by atoms with van der Waals surface area (Å²) in [6.45, 7) is 4.45. The Morgan fingerprint density at radius 3 is 1.83 bits per heavy atom. The SMILES string of the molecule is CCCCC/C=C\C/C=C\C/C=C\CCCCCCCCC(=O)NC(COP(=O)([O-])OCC[N+](C)(C)C)C(O)/C=C/CCCCC. The molecule has 268 valence electrons. The summed E-state index contributed by atoms with van der Waals surface area (Å²) in [5.41, 5.74) is 0. The summed E-state index contributed by atoms with van der Waals surface area (Å²) in [4.78, 5) is 24.9. The van der Waals surface area contributed by atoms with Crippen molar-refractivity contribution >= 4 is 13.7 Å². The lowest BCUT2D eigenvalue weighted by atomic mass is 10.1. The number of aliphatic hydroxyl groups is 1. The van der Waals surface area contributed by atoms with Gasteiger partial charge in [-0.1, -0.05) is 114 Å². The number of unbranched alkanes of at least 4 members (excludes halogenated alkanes) is 12. The van der Waals surface area contributed by atoms with Crippen LogP contribution in [0.2, 0.25) is 0 Å². The number of phosphoric acid groups is 1. The second-order valence-corrected chi connectivity index (χ2v) is 14.6. The number of hydrogen-bond acceptors (Lipinski definition) is 6. The summed E-state index contributed by atoms with van der Waals surface area (Å²) in [5, 5.41) is 13.5. The maximum Gasteiger partial charge on any atom is 0.268 e. The molecule has 1 amide bonds. The third-order valence-corrected chi connectivity index (χ3v) is 8.50. The summed E-state index contributed by atoms with van der Waals surface area (Å²) < 4.78 is 22.9. The molecule has 2 N–H and O–H groups in total. The highest BCUT2D eigenvalue weighted by molar-refractivity contribution is 7.45. The number of quaternary nitrogens is 1. The molecule has 0 saturated heterocycles. The van der Waals surface area contributed by atoms with E-state index in [1.54, 1.807) is 6.08 Å². The van der Waals surface area contributed by atoms with Crippen molar-refractivity contribution in [2.75, 3.05) is 40.9 Å². The molecule has 0 bridgehead atoms. The Morgan fingerprint density at radius 2 is 1.26 bits per heavy atom. The first-order chi connectivity index (χ1) is 22.0. The van der Waals surface area contributed by atoms with E-state index in [4.69, 9.17) is 9.05 Å². The lowest BCUT2D eigenvalue weighted by Crippen LogP contribution is -2.45. The molecule has 0 radical (unpaired) electrons. The number of nitrogens with one attached hydrogen (secondary N) is 1. The molecule has 0 spiro atoms. The molecule has 9 heteroatoms. The van der Waals surface area contributed by atoms with E-state index >= 15 is 0 Å². The average Bonchev–Trinajstić information content (AvgIpc) is 2.99. The van der Waals surface area contributed by atoms with Crippen LogP contribution in [0.3, 0.4) is 0 Å². The number of allylic oxidation sites excluding steroid dienone is 7. The van der Waals surface area contributed by atoms with Gasteiger partial charge in [0.05, 0.1) is 39.9 Å². The van der Waals surface area contributed by atoms with Crippen molar-refractivity contribution in [1.29, 1.82) is 0 Å². The second kappa shape index (κ2) is 29.6. The molecule has 0 saturated carbocycles. The predicted molar refractivity (Wildman–Crippen MR) is 191 cm³/mol. The molecule has 0 fully saturated rings. The van der Waals surface area contributed by atoms with E-state index in [1.165, 1.54) is 38.5 Å². The van der Waals surface area contributed by atoms with Gasteiger partial charge in [0.15, 0.2) is 0 Å². The molecule has 0 aromatic carbocycles. The summed E-state index contributed by atoms with van der Waals surface area (Å²) in [5.74, 6) is -0.221. The summed E-state index contributed by atoms with van der Waals surface area (Å²) in [6.07, 6.45) is 34.8. The largest absolute Gasteiger partial charge is 0.756 e. The van der Waals surface area contributed by atoms with Gasteiger partial charge in [-0.2, -0.15) is 0 Å². The molecule has 8 nitrogen and oxygen atoms in total. The zero-order chi connectivity index (χ0) is 34.4. The minimum atomic E-state index is -4.57. The quantitative estimate of drug-likeness (QED) is 0.0333. The number of phosphoric ester groups is 1. The first kappa shape index (κ1) is 44.5. The zero-order valence-corrected chi connectivity index (χ0v) is 30.9. The number of carbonyl (C=O) groups excluding carboxylic acids is 1. The van der Waals surface area contributed by atoms with Gasteiger partial charge in [-0.25, -0.2) is 0 Å². The van der Waals surface area contributed by atoms with E-state index in [0.717, 1.165) is 70.6 Å². The van der Waals surface area contributed by atoms with E-state index in [0.29, 0.717) is 17.4 Å². The molecule has 0 aromatic rings. The Labute approximate surface area is 282 Å². The van der Waals surface area contributed by atoms with Crippen molar-refractivity contribution < 1.29 is 32.9 Å². The molecule has 46 heavy (non-hydrogen) atoms. The zero-order valence-electron chi connectivity index (χ0n) is 30.0. The van der Waals surface area contributed by atoms with Gasteiger partial charge in [0.25, 0.3) is 7.82 Å². The molecule has 0 aliphatic rings. The van der Waals surface area contributed by atoms with Crippen molar-refractivity contribution in [2.24, 2.45) is 0 Å². The lowest BCUT2D eigenvalue weighted by Gasteiger charge is -2.29. The van der Waals surface area contributed by atoms with E-state index < -0.39 is 26.6 Å². The second-order valence-electron chi connectivity index (χ2n) is 13.2. The third kappa shape index (κ3) is 31.1. The van der Waals surface area contributed by atoms with Gasteiger partial charge in [-0.05, 0) is 57.8 Å². The average molecular weight is 669 g/mol. The van der Waals surface area contributed by atoms with E-state index in [2.05, 4.69) is 55.6 Å². The van der Waals surface area contributed by atoms with Crippen LogP contribution in [-0.4, -0.2) is 68.5 Å². The van der Waals surface area contributed by atoms with Gasteiger partial charge in [-0.3, -0.25) is 9.36 Å². The van der Waals surface area contributed by atoms with Crippen molar-refractivity contribution in [3.05, 3.63) is 48.6 Å². The van der Waals surface area contributed by atoms with Gasteiger partial charge in [0.2, 0.25) is 5.91 Å². The molecular formula is C37H69N2O6P. The van der Waals surface area contributed by atoms with Gasteiger partial charge in [-0.15, -0.1) is 0 Å². The lowest BCUT2D eigenvalue weighted by molar-refractivity contribution is -0.870. The first-order valence-electron chi connectivity index (χ1n) is 18.0. The number of nitrogens with zero attached hydrogens (tertiary/aromatic N) is 1. The Kier molecular flexibility index (Phi) is 28.6. The maximum atomic E-state index is 12.7. The van der Waals surface area contributed by atoms with Crippen LogP contribution in [-0.2, 0) is 18.4 Å². The molecule has 0 aliphatic carbocycles. The van der Waals surface area contributed by atoms with Crippen molar-refractivity contribution in [2.45, 2.75) is 142 Å². The molecule has 3 unspecified atom stereocenters. The number of rotatable bonds is 31. The number of hydrogen-bond donors (Lipinski definition) is 2. The van der Waals surface area contributed by atoms with Gasteiger partial charge in [0, 0.05) is 6.42 Å². The fraction of sp³-hybridized carbons (Fsp3) is 0.757. The van der Waals surface area contributed by atoms with Crippen molar-refractivity contribution in [1.82, 2.24) is 5.32 Å². The highest BCUT2D eigenvalue weighted by Gasteiger charge is 2.23. The molecule has 0 rings (SSSR count). The maximum absolute atomic E-state index is 12.7. The Balaban J connectivity index is 4.32. The fourth-order valence-corrected chi connectivity index (χ4v) is 5.29. The molecule has 0 aliphatic heterocycles. The van der Waals surface area contributed by atoms with Gasteiger partial charge < -0.3 is 28.8 Å². The van der Waals surface area contributed by atoms with Gasteiger partial charge in [0.1, 0.15) is 13.2 Å². The van der Waals surface area contributed by atoms with Crippen molar-refractivity contribution in [3.8, 4) is 0 Å². The molecular weight excluding hydrogens is 599 g/mol. The van der Waals surface area contributed by atoms with Crippen LogP contribution in [0, 0.1) is 0 Å². The number of aliphatic hydroxyl groups excluding tert-OH is 1. The number of carbonyl (C=O) groups is 1. The Morgan fingerprint density at radius 1 is 0.761 bits per heavy atom. The smallest absolute Gasteiger partial charge is 0.268 e. The van der Waals surface area contributed by atoms with Crippen LogP contribution in [0.4, 0.5) is 0 Å². The number of amides is 1. The van der Waals surface area contributed by atoms with E-state index in [9.17, 15) is 19.4 Å². The van der Waals surface area contributed by atoms with E-state index in [1.807, 2.05) is 27.2 Å². The van der Waals surface area contributed by atoms with Crippen LogP contribution >= 0.6 is 7.82 Å². The van der Waals surface area contributed by atoms with Crippen LogP contribution < -0.4 is 10.2 Å². The molecule has 0 heterocycles. The molecule has 3 atom stereocenters. The van der Waals surface area contributed by atoms with Crippen LogP contribution in [0.1, 0.15) is 129 Å². The minimum Gasteiger partial charge on any atom is -0.756 e. The standard InChI is InChI=1S/C37H69N2O6P/c1-6-8-10-12-13-14-15-16-17-18-19-20-21-22-23-24-25-27-29-31-37(41)38-35(36(40)30-28-26-11-9-7-2)34-45-46(42,43)44-33-32-39(3,4)5/h13-14,16-17,19-20,28,30,35-36,40H,6-12,15,18,21-27,29,31-34H2,1-5H3,(H-,38,41,42,43)/b14-13-,17-16-,20-19-,30-28+. The highest BCUT2D eigenvalue weighted by atomic mass is 31.2. The summed E-state index contributed by atoms with van der Waals surface area (Å²) >= 11 is 0. The normalized spacial score (nSPS) is 15.4. The number of likely N-dealkylation sites (N-methyl/N-ethyl adjacent to an activating group) is 1. The van der Waals surface area contributed by atoms with Crippen molar-refractivity contribution in [3.63, 3.8) is 0 Å². The Bertz CT molecular complexity index is 897. The third-order valence-electron chi connectivity index (χ3n) is 7.53. The minimum absolute atomic E-state index is 0.00689. The predicted octanol–water partition coefficient (Wildman–Crippen LogP) is 8.33. The van der Waals surface area contributed by atoms with Crippen LogP contribution in [0.25, 0.3) is 0 Å². The summed E-state index contributed by atoms with van der Waals surface area (Å²) in [7, 11) is 1.23. The topological polar surface area (TPSA) is 108 Å². The highest BCUT2D eigenvalue weighted by Crippen LogP contribution is 2.38. The Hall–Kier alpha value is -1.54. The van der Waals surface area contributed by atoms with E-state index in [-0.39, 0.29) is 12.5 Å². The monoisotopic (exact) mass is 668 g/mol. The summed E-state index contributed by atoms with van der Waals surface area (Å²) in [6, 6.07) is -0.889. The van der Waals surface area contributed by atoms with Crippen LogP contribution in [0.5, 0.6) is 0 Å². The van der Waals surface area contributed by atoms with Crippen LogP contribution in [0.15, 0.2) is 48.6 Å². The van der Waals surface area contributed by atoms with Gasteiger partial charge >= 0.3 is 0 Å². The molecule has 0 aromatic heterocycles. The fourth-order valence-electron chi connectivity index (χ4n) is 4.57.